The minimum absolute atomic E-state index is 0.0163. The van der Waals surface area contributed by atoms with Crippen molar-refractivity contribution in [3.8, 4) is 0 Å². The molecule has 2 aromatic rings. The first-order chi connectivity index (χ1) is 16.3. The molecule has 1 aliphatic heterocycles. The van der Waals surface area contributed by atoms with E-state index >= 15 is 0 Å². The molecule has 182 valence electrons. The molecule has 0 radical (unpaired) electrons. The summed E-state index contributed by atoms with van der Waals surface area (Å²) in [6.07, 6.45) is 1.90. The van der Waals surface area contributed by atoms with Crippen LogP contribution in [0.4, 0.5) is 5.13 Å². The molecular formula is C23H27Cl2N5O3S. The maximum atomic E-state index is 13.0. The van der Waals surface area contributed by atoms with Gasteiger partial charge in [0.25, 0.3) is 5.91 Å². The van der Waals surface area contributed by atoms with Crippen molar-refractivity contribution in [2.45, 2.75) is 32.2 Å². The number of nitrogens with zero attached hydrogens (tertiary/aromatic N) is 4. The van der Waals surface area contributed by atoms with Crippen LogP contribution >= 0.6 is 34.5 Å². The predicted molar refractivity (Wildman–Crippen MR) is 134 cm³/mol. The molecule has 2 fully saturated rings. The average Bonchev–Trinajstić information content (AvgIpc) is 3.57. The van der Waals surface area contributed by atoms with Crippen molar-refractivity contribution in [3.05, 3.63) is 44.9 Å². The van der Waals surface area contributed by atoms with E-state index in [0.29, 0.717) is 21.4 Å². The quantitative estimate of drug-likeness (QED) is 0.572. The van der Waals surface area contributed by atoms with Crippen LogP contribution in [-0.2, 0) is 16.0 Å². The van der Waals surface area contributed by atoms with Crippen molar-refractivity contribution in [2.24, 2.45) is 0 Å². The summed E-state index contributed by atoms with van der Waals surface area (Å²) < 4.78 is 0. The van der Waals surface area contributed by atoms with Gasteiger partial charge in [0, 0.05) is 42.6 Å². The second-order valence-electron chi connectivity index (χ2n) is 8.47. The highest BCUT2D eigenvalue weighted by Crippen LogP contribution is 2.30. The van der Waals surface area contributed by atoms with Gasteiger partial charge < -0.3 is 20.0 Å². The fourth-order valence-corrected chi connectivity index (χ4v) is 5.13. The Morgan fingerprint density at radius 1 is 1.18 bits per heavy atom. The van der Waals surface area contributed by atoms with Gasteiger partial charge in [-0.25, -0.2) is 4.98 Å². The number of nitrogens with one attached hydrogen (secondary N) is 1. The van der Waals surface area contributed by atoms with E-state index in [0.717, 1.165) is 45.6 Å². The third-order valence-electron chi connectivity index (χ3n) is 6.03. The van der Waals surface area contributed by atoms with Crippen molar-refractivity contribution in [2.75, 3.05) is 44.6 Å². The van der Waals surface area contributed by atoms with Crippen molar-refractivity contribution >= 4 is 57.4 Å². The number of amides is 3. The maximum absolute atomic E-state index is 13.0. The number of anilines is 1. The number of piperazine rings is 1. The summed E-state index contributed by atoms with van der Waals surface area (Å²) in [5, 5.41) is 5.66. The standard InChI is InChI=1S/C23H27Cl2N5O3S/c1-2-28-7-9-29(10-8-28)21(32)12-16-14-34-23(26-16)27-20(31)13-30(17-4-5-17)22(33)18-6-3-15(24)11-19(18)25/h3,6,11,14,17H,2,4-5,7-10,12-13H2,1H3,(H,26,27,31). The van der Waals surface area contributed by atoms with E-state index in [9.17, 15) is 14.4 Å². The molecule has 0 unspecified atom stereocenters. The van der Waals surface area contributed by atoms with Gasteiger partial charge >= 0.3 is 0 Å². The minimum Gasteiger partial charge on any atom is -0.340 e. The number of hydrogen-bond acceptors (Lipinski definition) is 6. The maximum Gasteiger partial charge on any atom is 0.256 e. The van der Waals surface area contributed by atoms with Crippen LogP contribution in [0.1, 0.15) is 35.8 Å². The van der Waals surface area contributed by atoms with Crippen LogP contribution in [0.5, 0.6) is 0 Å². The van der Waals surface area contributed by atoms with Gasteiger partial charge in [0.15, 0.2) is 5.13 Å². The number of rotatable bonds is 8. The lowest BCUT2D eigenvalue weighted by Crippen LogP contribution is -2.48. The molecule has 1 saturated heterocycles. The summed E-state index contributed by atoms with van der Waals surface area (Å²) in [5.74, 6) is -0.592. The van der Waals surface area contributed by atoms with E-state index in [4.69, 9.17) is 23.2 Å². The molecule has 1 N–H and O–H groups in total. The predicted octanol–water partition coefficient (Wildman–Crippen LogP) is 3.40. The third kappa shape index (κ3) is 6.27. The van der Waals surface area contributed by atoms with Crippen LogP contribution in [0, 0.1) is 0 Å². The van der Waals surface area contributed by atoms with E-state index < -0.39 is 0 Å². The lowest BCUT2D eigenvalue weighted by atomic mass is 10.2. The van der Waals surface area contributed by atoms with Crippen molar-refractivity contribution in [1.82, 2.24) is 19.7 Å². The summed E-state index contributed by atoms with van der Waals surface area (Å²) in [7, 11) is 0. The van der Waals surface area contributed by atoms with Crippen LogP contribution in [-0.4, -0.2) is 82.7 Å². The van der Waals surface area contributed by atoms with E-state index in [1.54, 1.807) is 22.4 Å². The highest BCUT2D eigenvalue weighted by Gasteiger charge is 2.35. The molecule has 0 bridgehead atoms. The number of aromatic nitrogens is 1. The van der Waals surface area contributed by atoms with E-state index in [1.807, 2.05) is 4.90 Å². The SMILES string of the molecule is CCN1CCN(C(=O)Cc2csc(NC(=O)CN(C(=O)c3ccc(Cl)cc3Cl)C3CC3)n2)CC1. The molecule has 34 heavy (non-hydrogen) atoms. The Balaban J connectivity index is 1.32. The van der Waals surface area contributed by atoms with E-state index in [-0.39, 0.29) is 41.8 Å². The number of benzene rings is 1. The molecule has 1 aliphatic carbocycles. The normalized spacial score (nSPS) is 16.4. The first-order valence-corrected chi connectivity index (χ1v) is 13.0. The second-order valence-corrected chi connectivity index (χ2v) is 10.2. The van der Waals surface area contributed by atoms with Gasteiger partial charge in [-0.15, -0.1) is 11.3 Å². The monoisotopic (exact) mass is 523 g/mol. The van der Waals surface area contributed by atoms with Crippen LogP contribution in [0.2, 0.25) is 10.0 Å². The summed E-state index contributed by atoms with van der Waals surface area (Å²) in [5.41, 5.74) is 0.951. The van der Waals surface area contributed by atoms with Gasteiger partial charge in [0.1, 0.15) is 6.54 Å². The summed E-state index contributed by atoms with van der Waals surface area (Å²) in [4.78, 5) is 48.4. The molecule has 1 aromatic heterocycles. The Hall–Kier alpha value is -2.20. The summed E-state index contributed by atoms with van der Waals surface area (Å²) >= 11 is 13.4. The zero-order chi connectivity index (χ0) is 24.2. The zero-order valence-electron chi connectivity index (χ0n) is 18.9. The molecule has 11 heteroatoms. The lowest BCUT2D eigenvalue weighted by Gasteiger charge is -2.34. The smallest absolute Gasteiger partial charge is 0.256 e. The van der Waals surface area contributed by atoms with Crippen LogP contribution in [0.25, 0.3) is 0 Å². The summed E-state index contributed by atoms with van der Waals surface area (Å²) in [6.45, 7) is 6.24. The third-order valence-corrected chi connectivity index (χ3v) is 7.38. The Morgan fingerprint density at radius 3 is 2.56 bits per heavy atom. The molecule has 0 atom stereocenters. The van der Waals surface area contributed by atoms with Gasteiger partial charge in [0.05, 0.1) is 22.7 Å². The molecular weight excluding hydrogens is 497 g/mol. The van der Waals surface area contributed by atoms with Crippen molar-refractivity contribution < 1.29 is 14.4 Å². The molecule has 8 nitrogen and oxygen atoms in total. The Labute approximate surface area is 212 Å². The molecule has 3 amide bonds. The van der Waals surface area contributed by atoms with Crippen molar-refractivity contribution in [1.29, 1.82) is 0 Å². The molecule has 0 spiro atoms. The Bertz CT molecular complexity index is 1070. The minimum atomic E-state index is -0.340. The molecule has 4 rings (SSSR count). The number of hydrogen-bond donors (Lipinski definition) is 1. The van der Waals surface area contributed by atoms with Gasteiger partial charge in [0.2, 0.25) is 11.8 Å². The summed E-state index contributed by atoms with van der Waals surface area (Å²) in [6, 6.07) is 4.71. The highest BCUT2D eigenvalue weighted by molar-refractivity contribution is 7.13. The highest BCUT2D eigenvalue weighted by atomic mass is 35.5. The Kier molecular flexibility index (Phi) is 8.08. The largest absolute Gasteiger partial charge is 0.340 e. The van der Waals surface area contributed by atoms with Crippen LogP contribution in [0.3, 0.4) is 0 Å². The first-order valence-electron chi connectivity index (χ1n) is 11.3. The topological polar surface area (TPSA) is 85.9 Å². The first kappa shape index (κ1) is 24.9. The molecule has 2 heterocycles. The number of likely N-dealkylation sites (N-methyl/N-ethyl adjacent to an activating group) is 1. The Morgan fingerprint density at radius 2 is 1.91 bits per heavy atom. The van der Waals surface area contributed by atoms with E-state index in [1.165, 1.54) is 17.4 Å². The number of carbonyl (C=O) groups is 3. The molecule has 2 aliphatic rings. The number of carbonyl (C=O) groups excluding carboxylic acids is 3. The van der Waals surface area contributed by atoms with Gasteiger partial charge in [-0.1, -0.05) is 30.1 Å². The van der Waals surface area contributed by atoms with Gasteiger partial charge in [-0.2, -0.15) is 0 Å². The van der Waals surface area contributed by atoms with Gasteiger partial charge in [-0.05, 0) is 37.6 Å². The number of thiazole rings is 1. The van der Waals surface area contributed by atoms with Crippen molar-refractivity contribution in [3.63, 3.8) is 0 Å². The second kappa shape index (κ2) is 11.0. The fourth-order valence-electron chi connectivity index (χ4n) is 3.91. The number of halogens is 2. The zero-order valence-corrected chi connectivity index (χ0v) is 21.3. The van der Waals surface area contributed by atoms with Crippen LogP contribution in [0.15, 0.2) is 23.6 Å². The van der Waals surface area contributed by atoms with Crippen LogP contribution < -0.4 is 5.32 Å². The lowest BCUT2D eigenvalue weighted by molar-refractivity contribution is -0.132. The molecule has 1 saturated carbocycles. The van der Waals surface area contributed by atoms with E-state index in [2.05, 4.69) is 22.1 Å². The molecule has 1 aromatic carbocycles. The van der Waals surface area contributed by atoms with Gasteiger partial charge in [-0.3, -0.25) is 14.4 Å². The average molecular weight is 524 g/mol. The fraction of sp³-hybridized carbons (Fsp3) is 0.478.